The highest BCUT2D eigenvalue weighted by Gasteiger charge is 2.22. The number of Topliss-reactive ketones (excluding diaryl/α,β-unsaturated/α-hetero) is 1. The topological polar surface area (TPSA) is 35.5 Å². The van der Waals surface area contributed by atoms with Gasteiger partial charge in [0, 0.05) is 5.57 Å². The molecule has 0 amide bonds. The molecule has 0 radical (unpaired) electrons. The minimum absolute atomic E-state index is 0.0243. The number of benzene rings is 3. The van der Waals surface area contributed by atoms with Crippen LogP contribution in [-0.4, -0.2) is 12.4 Å². The second kappa shape index (κ2) is 7.28. The zero-order valence-electron chi connectivity index (χ0n) is 14.2. The molecule has 3 heteroatoms. The maximum Gasteiger partial charge on any atom is 0.196 e. The van der Waals surface area contributed by atoms with Gasteiger partial charge in [0.1, 0.15) is 24.7 Å². The lowest BCUT2D eigenvalue weighted by Crippen LogP contribution is -2.18. The number of carbonyl (C=O) groups excluding carboxylic acids is 1. The van der Waals surface area contributed by atoms with E-state index in [0.29, 0.717) is 30.1 Å². The van der Waals surface area contributed by atoms with Gasteiger partial charge in [-0.3, -0.25) is 4.79 Å². The fourth-order valence-corrected chi connectivity index (χ4v) is 2.88. The predicted octanol–water partition coefficient (Wildman–Crippen LogP) is 4.92. The minimum atomic E-state index is 0.0243. The molecule has 128 valence electrons. The molecule has 1 heterocycles. The summed E-state index contributed by atoms with van der Waals surface area (Å²) < 4.78 is 11.5. The third-order valence-corrected chi connectivity index (χ3v) is 4.28. The molecule has 26 heavy (non-hydrogen) atoms. The summed E-state index contributed by atoms with van der Waals surface area (Å²) in [6, 6.07) is 25.1. The summed E-state index contributed by atoms with van der Waals surface area (Å²) in [4.78, 5) is 12.6. The van der Waals surface area contributed by atoms with Gasteiger partial charge in [-0.05, 0) is 41.5 Å². The molecule has 1 aliphatic heterocycles. The van der Waals surface area contributed by atoms with Crippen molar-refractivity contribution < 1.29 is 14.3 Å². The molecule has 0 bridgehead atoms. The standard InChI is InChI=1S/C23H18O3/c24-23-19(16-26-22-9-5-4-8-21(22)23)14-17-10-12-20(13-11-17)25-15-18-6-2-1-3-7-18/h1-14H,15-16H2/b19-14+. The van der Waals surface area contributed by atoms with Crippen LogP contribution in [-0.2, 0) is 6.61 Å². The van der Waals surface area contributed by atoms with Crippen LogP contribution in [0.4, 0.5) is 0 Å². The Morgan fingerprint density at radius 2 is 1.62 bits per heavy atom. The molecule has 0 unspecified atom stereocenters. The van der Waals surface area contributed by atoms with E-state index in [1.54, 1.807) is 6.07 Å². The van der Waals surface area contributed by atoms with Gasteiger partial charge in [0.25, 0.3) is 0 Å². The molecule has 0 N–H and O–H groups in total. The fourth-order valence-electron chi connectivity index (χ4n) is 2.88. The average Bonchev–Trinajstić information content (AvgIpc) is 2.70. The Hall–Kier alpha value is -3.33. The van der Waals surface area contributed by atoms with Crippen molar-refractivity contribution in [1.29, 1.82) is 0 Å². The number of hydrogen-bond acceptors (Lipinski definition) is 3. The van der Waals surface area contributed by atoms with Gasteiger partial charge < -0.3 is 9.47 Å². The van der Waals surface area contributed by atoms with Gasteiger partial charge in [-0.2, -0.15) is 0 Å². The van der Waals surface area contributed by atoms with Crippen molar-refractivity contribution in [1.82, 2.24) is 0 Å². The highest BCUT2D eigenvalue weighted by Crippen LogP contribution is 2.27. The first-order valence-corrected chi connectivity index (χ1v) is 8.53. The summed E-state index contributed by atoms with van der Waals surface area (Å²) >= 11 is 0. The van der Waals surface area contributed by atoms with E-state index in [-0.39, 0.29) is 5.78 Å². The zero-order valence-corrected chi connectivity index (χ0v) is 14.2. The van der Waals surface area contributed by atoms with E-state index in [0.717, 1.165) is 16.9 Å². The van der Waals surface area contributed by atoms with Crippen molar-refractivity contribution in [2.75, 3.05) is 6.61 Å². The number of hydrogen-bond donors (Lipinski definition) is 0. The second-order valence-electron chi connectivity index (χ2n) is 6.13. The zero-order chi connectivity index (χ0) is 17.8. The van der Waals surface area contributed by atoms with Crippen LogP contribution >= 0.6 is 0 Å². The third kappa shape index (κ3) is 3.52. The molecular formula is C23H18O3. The van der Waals surface area contributed by atoms with Gasteiger partial charge in [0.15, 0.2) is 5.78 Å². The molecule has 3 aromatic rings. The minimum Gasteiger partial charge on any atom is -0.489 e. The van der Waals surface area contributed by atoms with Gasteiger partial charge in [-0.1, -0.05) is 54.6 Å². The number of ether oxygens (including phenoxy) is 2. The van der Waals surface area contributed by atoms with Gasteiger partial charge in [0.05, 0.1) is 5.56 Å². The molecule has 0 spiro atoms. The molecular weight excluding hydrogens is 324 g/mol. The molecule has 4 rings (SSSR count). The van der Waals surface area contributed by atoms with Crippen molar-refractivity contribution in [3.8, 4) is 11.5 Å². The third-order valence-electron chi connectivity index (χ3n) is 4.28. The Balaban J connectivity index is 1.46. The molecule has 0 saturated heterocycles. The summed E-state index contributed by atoms with van der Waals surface area (Å²) in [7, 11) is 0. The Morgan fingerprint density at radius 3 is 2.42 bits per heavy atom. The van der Waals surface area contributed by atoms with Crippen molar-refractivity contribution in [2.24, 2.45) is 0 Å². The molecule has 0 fully saturated rings. The Bertz CT molecular complexity index is 941. The van der Waals surface area contributed by atoms with Crippen LogP contribution in [0.5, 0.6) is 11.5 Å². The molecule has 0 aromatic heterocycles. The van der Waals surface area contributed by atoms with Crippen LogP contribution in [0.2, 0.25) is 0 Å². The smallest absolute Gasteiger partial charge is 0.196 e. The number of para-hydroxylation sites is 1. The van der Waals surface area contributed by atoms with Crippen LogP contribution in [0, 0.1) is 0 Å². The molecule has 0 atom stereocenters. The maximum absolute atomic E-state index is 12.6. The number of carbonyl (C=O) groups is 1. The highest BCUT2D eigenvalue weighted by molar-refractivity contribution is 6.14. The number of fused-ring (bicyclic) bond motifs is 1. The number of ketones is 1. The quantitative estimate of drug-likeness (QED) is 0.631. The molecule has 0 aliphatic carbocycles. The van der Waals surface area contributed by atoms with E-state index >= 15 is 0 Å². The normalized spacial score (nSPS) is 14.6. The van der Waals surface area contributed by atoms with E-state index in [1.165, 1.54) is 0 Å². The van der Waals surface area contributed by atoms with Crippen LogP contribution in [0.25, 0.3) is 6.08 Å². The summed E-state index contributed by atoms with van der Waals surface area (Å²) in [5.41, 5.74) is 3.35. The summed E-state index contributed by atoms with van der Waals surface area (Å²) in [6.45, 7) is 0.826. The van der Waals surface area contributed by atoms with Crippen LogP contribution in [0.15, 0.2) is 84.4 Å². The molecule has 3 nitrogen and oxygen atoms in total. The fraction of sp³-hybridized carbons (Fsp3) is 0.0870. The summed E-state index contributed by atoms with van der Waals surface area (Å²) in [5.74, 6) is 1.48. The summed E-state index contributed by atoms with van der Waals surface area (Å²) in [6.07, 6.45) is 1.87. The second-order valence-corrected chi connectivity index (χ2v) is 6.13. The number of rotatable bonds is 4. The van der Waals surface area contributed by atoms with Gasteiger partial charge in [-0.25, -0.2) is 0 Å². The van der Waals surface area contributed by atoms with E-state index in [4.69, 9.17) is 9.47 Å². The first-order chi connectivity index (χ1) is 12.8. The Kier molecular flexibility index (Phi) is 4.52. The molecule has 0 saturated carbocycles. The van der Waals surface area contributed by atoms with Crippen LogP contribution in [0.3, 0.4) is 0 Å². The average molecular weight is 342 g/mol. The van der Waals surface area contributed by atoms with Gasteiger partial charge in [-0.15, -0.1) is 0 Å². The lowest BCUT2D eigenvalue weighted by molar-refractivity contribution is 0.100. The van der Waals surface area contributed by atoms with Crippen molar-refractivity contribution >= 4 is 11.9 Å². The molecule has 3 aromatic carbocycles. The lowest BCUT2D eigenvalue weighted by Gasteiger charge is -2.18. The van der Waals surface area contributed by atoms with Crippen molar-refractivity contribution in [3.05, 3.63) is 101 Å². The summed E-state index contributed by atoms with van der Waals surface area (Å²) in [5, 5.41) is 0. The van der Waals surface area contributed by atoms with Crippen molar-refractivity contribution in [2.45, 2.75) is 6.61 Å². The Labute approximate surface area is 152 Å². The predicted molar refractivity (Wildman–Crippen MR) is 101 cm³/mol. The first kappa shape index (κ1) is 16.2. The maximum atomic E-state index is 12.6. The lowest BCUT2D eigenvalue weighted by atomic mass is 9.98. The van der Waals surface area contributed by atoms with Gasteiger partial charge in [0.2, 0.25) is 0 Å². The van der Waals surface area contributed by atoms with Crippen molar-refractivity contribution in [3.63, 3.8) is 0 Å². The monoisotopic (exact) mass is 342 g/mol. The largest absolute Gasteiger partial charge is 0.489 e. The van der Waals surface area contributed by atoms with E-state index in [2.05, 4.69) is 0 Å². The van der Waals surface area contributed by atoms with E-state index in [9.17, 15) is 4.79 Å². The van der Waals surface area contributed by atoms with E-state index < -0.39 is 0 Å². The van der Waals surface area contributed by atoms with Crippen LogP contribution in [0.1, 0.15) is 21.5 Å². The SMILES string of the molecule is O=C1/C(=C/c2ccc(OCc3ccccc3)cc2)COc2ccccc21. The van der Waals surface area contributed by atoms with Gasteiger partial charge >= 0.3 is 0 Å². The van der Waals surface area contributed by atoms with E-state index in [1.807, 2.05) is 78.9 Å². The Morgan fingerprint density at radius 1 is 0.885 bits per heavy atom. The first-order valence-electron chi connectivity index (χ1n) is 8.53. The van der Waals surface area contributed by atoms with Crippen LogP contribution < -0.4 is 9.47 Å². The molecule has 1 aliphatic rings. The highest BCUT2D eigenvalue weighted by atomic mass is 16.5.